The molecule has 3 rings (SSSR count). The predicted octanol–water partition coefficient (Wildman–Crippen LogP) is 2.66. The summed E-state index contributed by atoms with van der Waals surface area (Å²) in [4.78, 5) is 12.2. The third-order valence-electron chi connectivity index (χ3n) is 3.92. The Hall–Kier alpha value is -2.74. The Morgan fingerprint density at radius 3 is 2.52 bits per heavy atom. The van der Waals surface area contributed by atoms with Gasteiger partial charge in [-0.1, -0.05) is 12.1 Å². The topological polar surface area (TPSA) is 87.7 Å². The molecule has 0 spiro atoms. The first-order valence-electron chi connectivity index (χ1n) is 7.69. The van der Waals surface area contributed by atoms with Crippen molar-refractivity contribution >= 4 is 33.1 Å². The molecule has 0 unspecified atom stereocenters. The second-order valence-corrected chi connectivity index (χ2v) is 7.65. The Bertz CT molecular complexity index is 912. The van der Waals surface area contributed by atoms with E-state index in [2.05, 4.69) is 10.6 Å². The molecule has 2 aromatic carbocycles. The molecule has 0 radical (unpaired) electrons. The van der Waals surface area contributed by atoms with E-state index in [0.717, 1.165) is 5.56 Å². The maximum absolute atomic E-state index is 12.2. The Morgan fingerprint density at radius 2 is 1.84 bits per heavy atom. The van der Waals surface area contributed by atoms with Crippen LogP contribution < -0.4 is 19.7 Å². The molecule has 132 valence electrons. The number of fused-ring (bicyclic) bond motifs is 1. The molecule has 0 saturated heterocycles. The molecule has 2 N–H and O–H groups in total. The zero-order chi connectivity index (χ0) is 18.0. The van der Waals surface area contributed by atoms with Gasteiger partial charge in [0, 0.05) is 24.0 Å². The van der Waals surface area contributed by atoms with Gasteiger partial charge in [0.1, 0.15) is 5.75 Å². The number of hydrogen-bond acceptors (Lipinski definition) is 4. The highest BCUT2D eigenvalue weighted by Crippen LogP contribution is 2.32. The second kappa shape index (κ2) is 6.64. The minimum atomic E-state index is -3.33. The summed E-state index contributed by atoms with van der Waals surface area (Å²) in [6, 6.07) is 11.9. The van der Waals surface area contributed by atoms with E-state index in [-0.39, 0.29) is 0 Å². The lowest BCUT2D eigenvalue weighted by Gasteiger charge is -2.17. The number of sulfonamides is 1. The maximum Gasteiger partial charge on any atom is 0.323 e. The van der Waals surface area contributed by atoms with Gasteiger partial charge >= 0.3 is 6.03 Å². The van der Waals surface area contributed by atoms with Gasteiger partial charge in [-0.3, -0.25) is 4.31 Å². The van der Waals surface area contributed by atoms with Crippen LogP contribution in [-0.2, 0) is 16.4 Å². The molecule has 0 aromatic heterocycles. The number of benzene rings is 2. The van der Waals surface area contributed by atoms with E-state index in [9.17, 15) is 13.2 Å². The fraction of sp³-hybridized carbons (Fsp3) is 0.235. The minimum Gasteiger partial charge on any atom is -0.497 e. The minimum absolute atomic E-state index is 0.419. The van der Waals surface area contributed by atoms with Crippen LogP contribution in [0.4, 0.5) is 21.9 Å². The molecular formula is C17H19N3O4S. The summed E-state index contributed by atoms with van der Waals surface area (Å²) in [5.74, 6) is 0.638. The molecule has 0 saturated carbocycles. The van der Waals surface area contributed by atoms with Crippen molar-refractivity contribution in [3.63, 3.8) is 0 Å². The number of carbonyl (C=O) groups excluding carboxylic acids is 1. The number of hydrogen-bond donors (Lipinski definition) is 2. The number of methoxy groups -OCH3 is 1. The summed E-state index contributed by atoms with van der Waals surface area (Å²) in [7, 11) is -1.77. The number of amides is 2. The van der Waals surface area contributed by atoms with Crippen molar-refractivity contribution in [1.82, 2.24) is 0 Å². The van der Waals surface area contributed by atoms with Crippen molar-refractivity contribution < 1.29 is 17.9 Å². The van der Waals surface area contributed by atoms with Crippen molar-refractivity contribution in [3.8, 4) is 5.75 Å². The number of nitrogens with one attached hydrogen (secondary N) is 2. The van der Waals surface area contributed by atoms with E-state index >= 15 is 0 Å². The Balaban J connectivity index is 1.74. The fourth-order valence-corrected chi connectivity index (χ4v) is 3.72. The monoisotopic (exact) mass is 361 g/mol. The number of carbonyl (C=O) groups is 1. The molecule has 1 aliphatic heterocycles. The largest absolute Gasteiger partial charge is 0.497 e. The smallest absolute Gasteiger partial charge is 0.323 e. The predicted molar refractivity (Wildman–Crippen MR) is 98.0 cm³/mol. The second-order valence-electron chi connectivity index (χ2n) is 5.74. The zero-order valence-corrected chi connectivity index (χ0v) is 14.8. The van der Waals surface area contributed by atoms with Gasteiger partial charge in [-0.05, 0) is 36.2 Å². The van der Waals surface area contributed by atoms with Crippen molar-refractivity contribution in [2.75, 3.05) is 34.8 Å². The van der Waals surface area contributed by atoms with Gasteiger partial charge in [-0.15, -0.1) is 0 Å². The summed E-state index contributed by atoms with van der Waals surface area (Å²) in [5, 5.41) is 5.43. The number of urea groups is 1. The first-order chi connectivity index (χ1) is 11.9. The SMILES string of the molecule is COc1cccc(NC(=O)Nc2ccc3c(c2)N(S(C)(=O)=O)CC3)c1. The molecule has 0 fully saturated rings. The third-order valence-corrected chi connectivity index (χ3v) is 5.10. The van der Waals surface area contributed by atoms with Crippen LogP contribution in [0.1, 0.15) is 5.56 Å². The summed E-state index contributed by atoms with van der Waals surface area (Å²) in [6.07, 6.45) is 1.84. The number of nitrogens with zero attached hydrogens (tertiary/aromatic N) is 1. The fourth-order valence-electron chi connectivity index (χ4n) is 2.77. The molecule has 1 heterocycles. The summed E-state index contributed by atoms with van der Waals surface area (Å²) in [6.45, 7) is 0.424. The Labute approximate surface area is 146 Å². The lowest BCUT2D eigenvalue weighted by Crippen LogP contribution is -2.27. The van der Waals surface area contributed by atoms with Gasteiger partial charge in [0.15, 0.2) is 0 Å². The number of rotatable bonds is 4. The van der Waals surface area contributed by atoms with Crippen molar-refractivity contribution in [2.45, 2.75) is 6.42 Å². The molecule has 0 bridgehead atoms. The average molecular weight is 361 g/mol. The molecular weight excluding hydrogens is 342 g/mol. The zero-order valence-electron chi connectivity index (χ0n) is 13.9. The highest BCUT2D eigenvalue weighted by Gasteiger charge is 2.26. The molecule has 25 heavy (non-hydrogen) atoms. The standard InChI is InChI=1S/C17H19N3O4S/c1-24-15-5-3-4-13(10-15)18-17(21)19-14-7-6-12-8-9-20(16(12)11-14)25(2,22)23/h3-7,10-11H,8-9H2,1-2H3,(H2,18,19,21). The van der Waals surface area contributed by atoms with E-state index in [1.165, 1.54) is 10.6 Å². The van der Waals surface area contributed by atoms with Gasteiger partial charge < -0.3 is 15.4 Å². The van der Waals surface area contributed by atoms with E-state index in [0.29, 0.717) is 35.8 Å². The van der Waals surface area contributed by atoms with Gasteiger partial charge in [0.25, 0.3) is 0 Å². The molecule has 7 nitrogen and oxygen atoms in total. The van der Waals surface area contributed by atoms with Gasteiger partial charge in [0.05, 0.1) is 19.1 Å². The molecule has 2 aromatic rings. The van der Waals surface area contributed by atoms with E-state index in [1.807, 2.05) is 6.07 Å². The van der Waals surface area contributed by atoms with Crippen LogP contribution in [0, 0.1) is 0 Å². The van der Waals surface area contributed by atoms with Crippen LogP contribution in [0.5, 0.6) is 5.75 Å². The Morgan fingerprint density at radius 1 is 1.12 bits per heavy atom. The van der Waals surface area contributed by atoms with Crippen LogP contribution in [0.2, 0.25) is 0 Å². The molecule has 2 amide bonds. The summed E-state index contributed by atoms with van der Waals surface area (Å²) < 4.78 is 30.2. The van der Waals surface area contributed by atoms with Crippen LogP contribution in [0.3, 0.4) is 0 Å². The highest BCUT2D eigenvalue weighted by atomic mass is 32.2. The van der Waals surface area contributed by atoms with Gasteiger partial charge in [-0.2, -0.15) is 0 Å². The average Bonchev–Trinajstić information content (AvgIpc) is 2.98. The number of ether oxygens (including phenoxy) is 1. The molecule has 0 aliphatic carbocycles. The lowest BCUT2D eigenvalue weighted by atomic mass is 10.1. The first kappa shape index (κ1) is 17.1. The van der Waals surface area contributed by atoms with Crippen LogP contribution >= 0.6 is 0 Å². The van der Waals surface area contributed by atoms with Crippen molar-refractivity contribution in [2.24, 2.45) is 0 Å². The lowest BCUT2D eigenvalue weighted by molar-refractivity contribution is 0.262. The third kappa shape index (κ3) is 3.85. The van der Waals surface area contributed by atoms with Crippen molar-refractivity contribution in [1.29, 1.82) is 0 Å². The molecule has 8 heteroatoms. The normalized spacial score (nSPS) is 13.3. The van der Waals surface area contributed by atoms with E-state index in [4.69, 9.17) is 4.74 Å². The summed E-state index contributed by atoms with van der Waals surface area (Å²) in [5.41, 5.74) is 2.68. The highest BCUT2D eigenvalue weighted by molar-refractivity contribution is 7.92. The summed E-state index contributed by atoms with van der Waals surface area (Å²) >= 11 is 0. The maximum atomic E-state index is 12.2. The Kier molecular flexibility index (Phi) is 4.54. The quantitative estimate of drug-likeness (QED) is 0.876. The van der Waals surface area contributed by atoms with Crippen LogP contribution in [0.15, 0.2) is 42.5 Å². The molecule has 0 atom stereocenters. The van der Waals surface area contributed by atoms with Crippen LogP contribution in [-0.4, -0.2) is 34.4 Å². The molecule has 1 aliphatic rings. The van der Waals surface area contributed by atoms with Gasteiger partial charge in [-0.25, -0.2) is 13.2 Å². The van der Waals surface area contributed by atoms with Crippen LogP contribution in [0.25, 0.3) is 0 Å². The van der Waals surface area contributed by atoms with E-state index < -0.39 is 16.1 Å². The van der Waals surface area contributed by atoms with Crippen molar-refractivity contribution in [3.05, 3.63) is 48.0 Å². The van der Waals surface area contributed by atoms with E-state index in [1.54, 1.807) is 43.5 Å². The number of anilines is 3. The first-order valence-corrected chi connectivity index (χ1v) is 9.54. The van der Waals surface area contributed by atoms with Gasteiger partial charge in [0.2, 0.25) is 10.0 Å².